The zero-order valence-corrected chi connectivity index (χ0v) is 33.0. The first-order valence-corrected chi connectivity index (χ1v) is 11.1. The molecule has 0 amide bonds. The quantitative estimate of drug-likeness (QED) is 0.0971. The fourth-order valence-corrected chi connectivity index (χ4v) is 2.15. The maximum atomic E-state index is 6.75. The summed E-state index contributed by atoms with van der Waals surface area (Å²) < 4.78 is 0. The van der Waals surface area contributed by atoms with E-state index in [0.29, 0.717) is 0 Å². The number of rotatable bonds is 8. The zero-order chi connectivity index (χ0) is 31.6. The molecule has 0 aliphatic carbocycles. The van der Waals surface area contributed by atoms with Crippen LogP contribution in [-0.4, -0.2) is 85.6 Å². The molecule has 0 radical (unpaired) electrons. The third-order valence-electron chi connectivity index (χ3n) is 3.86. The van der Waals surface area contributed by atoms with Crippen molar-refractivity contribution in [3.05, 3.63) is 124 Å². The third kappa shape index (κ3) is 43.7. The Balaban J connectivity index is -0.000000108. The zero-order valence-electron chi connectivity index (χ0n) is 24.9. The van der Waals surface area contributed by atoms with Crippen LogP contribution in [0, 0.1) is 0 Å². The van der Waals surface area contributed by atoms with Crippen molar-refractivity contribution in [2.24, 2.45) is 9.98 Å². The molecule has 0 spiro atoms. The summed E-state index contributed by atoms with van der Waals surface area (Å²) in [6, 6.07) is 11.7. The van der Waals surface area contributed by atoms with Gasteiger partial charge in [-0.15, -0.1) is 0 Å². The van der Waals surface area contributed by atoms with Crippen LogP contribution in [0.1, 0.15) is 25.2 Å². The minimum absolute atomic E-state index is 0. The maximum absolute atomic E-state index is 6.75. The first kappa shape index (κ1) is 51.4. The summed E-state index contributed by atoms with van der Waals surface area (Å²) in [5, 5.41) is 0. The van der Waals surface area contributed by atoms with Gasteiger partial charge in [0.15, 0.2) is 0 Å². The fourth-order valence-electron chi connectivity index (χ4n) is 2.15. The molecule has 2 heterocycles. The summed E-state index contributed by atoms with van der Waals surface area (Å²) in [4.78, 5) is 27.6. The van der Waals surface area contributed by atoms with Crippen molar-refractivity contribution < 1.29 is 54.6 Å². The maximum Gasteiger partial charge on any atom is 2.00 e. The van der Waals surface area contributed by atoms with Crippen molar-refractivity contribution in [1.29, 1.82) is 0 Å². The Labute approximate surface area is 286 Å². The summed E-state index contributed by atoms with van der Waals surface area (Å²) >= 11 is 0. The van der Waals surface area contributed by atoms with Gasteiger partial charge in [0.05, 0.1) is 35.9 Å². The van der Waals surface area contributed by atoms with Gasteiger partial charge in [0, 0.05) is 25.5 Å². The van der Waals surface area contributed by atoms with Gasteiger partial charge in [-0.25, -0.2) is 0 Å². The Morgan fingerprint density at radius 2 is 0.857 bits per heavy atom. The van der Waals surface area contributed by atoms with Crippen LogP contribution in [0.3, 0.4) is 0 Å². The molecule has 2 rings (SSSR count). The minimum atomic E-state index is 0. The topological polar surface area (TPSA) is 292 Å². The Kier molecular flexibility index (Phi) is 51.5. The normalized spacial score (nSPS) is 8.86. The van der Waals surface area contributed by atoms with Gasteiger partial charge in [-0.2, -0.15) is 0 Å². The summed E-state index contributed by atoms with van der Waals surface area (Å²) in [6.07, 6.45) is 3.58. The monoisotopic (exact) mass is 778 g/mol. The molecule has 0 saturated carbocycles. The van der Waals surface area contributed by atoms with E-state index in [9.17, 15) is 0 Å². The van der Waals surface area contributed by atoms with Crippen LogP contribution in [0.25, 0.3) is 63.9 Å². The summed E-state index contributed by atoms with van der Waals surface area (Å²) in [6.45, 7) is 7.61. The molecule has 0 N–H and O–H groups in total. The van der Waals surface area contributed by atoms with Crippen LogP contribution in [0.15, 0.2) is 58.8 Å². The largest absolute Gasteiger partial charge is 2.00 e. The predicted molar refractivity (Wildman–Crippen MR) is 160 cm³/mol. The molecule has 0 saturated heterocycles. The van der Waals surface area contributed by atoms with Gasteiger partial charge in [-0.1, -0.05) is 12.1 Å². The third-order valence-corrected chi connectivity index (χ3v) is 3.86. The van der Waals surface area contributed by atoms with Crippen LogP contribution in [0.5, 0.6) is 0 Å². The molecular formula is C22H34Cd2N18. The molecule has 2 aromatic rings. The Morgan fingerprint density at radius 1 is 0.595 bits per heavy atom. The standard InChI is InChI=1S/2C11H17N3.2Cd.4N3/c2*1-10(12-8-9-14(2)3)11-6-4-5-7-13-11;;;4*1-3-2/h2*4-7H,8-9H2,1-3H3;;;;;;/q;;2*+2;4*-1. The van der Waals surface area contributed by atoms with Crippen LogP contribution in [0.2, 0.25) is 0 Å². The summed E-state index contributed by atoms with van der Waals surface area (Å²) in [7, 11) is 8.19. The number of nitrogens with zero attached hydrogens (tertiary/aromatic N) is 18. The van der Waals surface area contributed by atoms with Crippen molar-refractivity contribution in [3.8, 4) is 0 Å². The van der Waals surface area contributed by atoms with E-state index >= 15 is 0 Å². The molecule has 18 nitrogen and oxygen atoms in total. The average Bonchev–Trinajstić information content (AvgIpc) is 2.91. The SMILES string of the molecule is CC(=NCCN(C)C)c1ccccn1.CC(=NCCN(C)C)c1ccccn1.[Cd+2].[Cd+2].[N-]=[N+]=[N-].[N-]=[N+]=[N-].[N-]=[N+]=[N-].[N-]=[N+]=[N-]. The van der Waals surface area contributed by atoms with Gasteiger partial charge < -0.3 is 54.0 Å². The number of hydrogen-bond donors (Lipinski definition) is 0. The molecule has 20 heteroatoms. The van der Waals surface area contributed by atoms with Gasteiger partial charge in [0.25, 0.3) is 0 Å². The van der Waals surface area contributed by atoms with Crippen molar-refractivity contribution in [2.75, 3.05) is 54.4 Å². The van der Waals surface area contributed by atoms with Crippen LogP contribution < -0.4 is 0 Å². The molecule has 216 valence electrons. The smallest absolute Gasteiger partial charge is 0.373 e. The second-order valence-corrected chi connectivity index (χ2v) is 7.33. The van der Waals surface area contributed by atoms with Crippen LogP contribution in [0.4, 0.5) is 0 Å². The van der Waals surface area contributed by atoms with E-state index in [1.165, 1.54) is 19.6 Å². The molecule has 42 heavy (non-hydrogen) atoms. The number of hydrogen-bond acceptors (Lipinski definition) is 6. The van der Waals surface area contributed by atoms with Crippen molar-refractivity contribution in [1.82, 2.24) is 19.8 Å². The molecule has 0 unspecified atom stereocenters. The van der Waals surface area contributed by atoms with E-state index in [0.717, 1.165) is 49.0 Å². The molecule has 0 aromatic carbocycles. The van der Waals surface area contributed by atoms with Crippen molar-refractivity contribution in [3.63, 3.8) is 0 Å². The second-order valence-electron chi connectivity index (χ2n) is 7.33. The van der Waals surface area contributed by atoms with Gasteiger partial charge in [-0.05, 0) is 66.3 Å². The summed E-state index contributed by atoms with van der Waals surface area (Å²) in [5.74, 6) is 0. The van der Waals surface area contributed by atoms with Gasteiger partial charge in [0.2, 0.25) is 0 Å². The molecule has 0 atom stereocenters. The first-order valence-electron chi connectivity index (χ1n) is 11.1. The van der Waals surface area contributed by atoms with E-state index < -0.39 is 0 Å². The van der Waals surface area contributed by atoms with E-state index in [-0.39, 0.29) is 54.6 Å². The fraction of sp³-hybridized carbons (Fsp3) is 0.455. The van der Waals surface area contributed by atoms with Crippen LogP contribution in [-0.2, 0) is 54.6 Å². The molecule has 0 aliphatic rings. The Bertz CT molecular complexity index is 956. The summed E-state index contributed by atoms with van der Waals surface area (Å²) in [5.41, 5.74) is 57.9. The molecule has 2 aromatic heterocycles. The Morgan fingerprint density at radius 3 is 1.05 bits per heavy atom. The van der Waals surface area contributed by atoms with E-state index in [1.54, 1.807) is 12.4 Å². The van der Waals surface area contributed by atoms with Crippen LogP contribution >= 0.6 is 0 Å². The molecule has 0 fully saturated rings. The predicted octanol–water partition coefficient (Wildman–Crippen LogP) is 6.36. The Hall–Kier alpha value is -3.36. The van der Waals surface area contributed by atoms with Crippen molar-refractivity contribution in [2.45, 2.75) is 13.8 Å². The van der Waals surface area contributed by atoms with Gasteiger partial charge in [-0.3, -0.25) is 39.6 Å². The average molecular weight is 775 g/mol. The molecule has 0 bridgehead atoms. The van der Waals surface area contributed by atoms with E-state index in [2.05, 4.69) is 29.8 Å². The number of aromatic nitrogens is 2. The number of likely N-dealkylation sites (N-methyl/N-ethyl adjacent to an activating group) is 2. The number of pyridine rings is 2. The van der Waals surface area contributed by atoms with Gasteiger partial charge in [0.1, 0.15) is 0 Å². The van der Waals surface area contributed by atoms with E-state index in [4.69, 9.17) is 44.2 Å². The van der Waals surface area contributed by atoms with Crippen molar-refractivity contribution >= 4 is 11.4 Å². The first-order chi connectivity index (χ1) is 19.1. The van der Waals surface area contributed by atoms with E-state index in [1.807, 2.05) is 78.4 Å². The van der Waals surface area contributed by atoms with Gasteiger partial charge >= 0.3 is 54.6 Å². The second kappa shape index (κ2) is 42.1. The molecule has 0 aliphatic heterocycles. The minimum Gasteiger partial charge on any atom is -0.373 e. The molecular weight excluding hydrogens is 741 g/mol. The number of aliphatic imine (C=N–C) groups is 2.